The van der Waals surface area contributed by atoms with E-state index in [9.17, 15) is 0 Å². The molecule has 0 amide bonds. The van der Waals surface area contributed by atoms with Gasteiger partial charge in [0, 0.05) is 39.3 Å². The first-order valence-corrected chi connectivity index (χ1v) is 3.05. The monoisotopic (exact) mass is 131 g/mol. The van der Waals surface area contributed by atoms with Crippen LogP contribution >= 0.6 is 11.8 Å². The third-order valence-electron chi connectivity index (χ3n) is 1.03. The smallest absolute Gasteiger partial charge is 0.0262 e. The molecule has 2 heteroatoms. The second kappa shape index (κ2) is 2.44. The first-order chi connectivity index (χ1) is 3.47. The Labute approximate surface area is 75.0 Å². The quantitative estimate of drug-likeness (QED) is 0.388. The van der Waals surface area contributed by atoms with E-state index in [0.29, 0.717) is 0 Å². The minimum atomic E-state index is 0. The topological polar surface area (TPSA) is 0 Å². The summed E-state index contributed by atoms with van der Waals surface area (Å²) in [5.41, 5.74) is 0. The summed E-state index contributed by atoms with van der Waals surface area (Å²) in [6, 6.07) is 8.41. The van der Waals surface area contributed by atoms with Crippen molar-refractivity contribution in [3.8, 4) is 0 Å². The van der Waals surface area contributed by atoms with E-state index in [1.54, 1.807) is 0 Å². The fourth-order valence-corrected chi connectivity index (χ4v) is 1.23. The van der Waals surface area contributed by atoms with Crippen molar-refractivity contribution in [2.45, 2.75) is 9.79 Å². The Morgan fingerprint density at radius 1 is 1.00 bits per heavy atom. The van der Waals surface area contributed by atoms with Gasteiger partial charge in [0.25, 0.3) is 0 Å². The first-order valence-electron chi connectivity index (χ1n) is 2.24. The first kappa shape index (κ1) is 6.69. The maximum absolute atomic E-state index is 2.14. The summed E-state index contributed by atoms with van der Waals surface area (Å²) in [6.45, 7) is 0. The number of rotatable bonds is 0. The Balaban J connectivity index is 0.000000320. The predicted octanol–water partition coefficient (Wildman–Crippen LogP) is 1.77. The second-order valence-electron chi connectivity index (χ2n) is 1.55. The van der Waals surface area contributed by atoms with Crippen LogP contribution in [0, 0.1) is 0 Å². The van der Waals surface area contributed by atoms with E-state index in [-0.39, 0.29) is 29.6 Å². The SMILES string of the molecule is [Na].c1ccc2c(c1)S2. The fourth-order valence-electron chi connectivity index (χ4n) is 0.611. The largest absolute Gasteiger partial charge is 0.0877 e. The Kier molecular flexibility index (Phi) is 2.04. The van der Waals surface area contributed by atoms with E-state index in [1.165, 1.54) is 9.79 Å². The molecule has 0 bridgehead atoms. The van der Waals surface area contributed by atoms with Gasteiger partial charge in [-0.05, 0) is 12.1 Å². The second-order valence-corrected chi connectivity index (χ2v) is 2.63. The summed E-state index contributed by atoms with van der Waals surface area (Å²) < 4.78 is 0. The maximum Gasteiger partial charge on any atom is 0.0262 e. The van der Waals surface area contributed by atoms with Crippen LogP contribution < -0.4 is 0 Å². The van der Waals surface area contributed by atoms with Crippen molar-refractivity contribution in [3.05, 3.63) is 24.3 Å². The summed E-state index contributed by atoms with van der Waals surface area (Å²) in [7, 11) is 0. The van der Waals surface area contributed by atoms with Gasteiger partial charge >= 0.3 is 0 Å². The average Bonchev–Trinajstić information content (AvgIpc) is 2.41. The molecule has 1 heterocycles. The summed E-state index contributed by atoms with van der Waals surface area (Å²) in [4.78, 5) is 2.89. The molecule has 35 valence electrons. The zero-order valence-corrected chi connectivity index (χ0v) is 7.53. The standard InChI is InChI=1S/C6H4S.Na/c1-2-4-6-5(3-1)7-6;/h1-4H;. The molecule has 0 N–H and O–H groups in total. The molecule has 0 atom stereocenters. The molecule has 1 aliphatic rings. The van der Waals surface area contributed by atoms with Gasteiger partial charge in [0.05, 0.1) is 0 Å². The van der Waals surface area contributed by atoms with Crippen molar-refractivity contribution >= 4 is 41.3 Å². The third-order valence-corrected chi connectivity index (χ3v) is 1.98. The molecule has 0 unspecified atom stereocenters. The van der Waals surface area contributed by atoms with Gasteiger partial charge in [-0.25, -0.2) is 0 Å². The zero-order valence-electron chi connectivity index (χ0n) is 4.72. The van der Waals surface area contributed by atoms with Crippen molar-refractivity contribution in [1.82, 2.24) is 0 Å². The van der Waals surface area contributed by atoms with Crippen LogP contribution in [0.25, 0.3) is 0 Å². The zero-order chi connectivity index (χ0) is 4.69. The molecule has 0 fully saturated rings. The van der Waals surface area contributed by atoms with Crippen LogP contribution in [-0.2, 0) is 0 Å². The number of hydrogen-bond donors (Lipinski definition) is 0. The average molecular weight is 131 g/mol. The van der Waals surface area contributed by atoms with Crippen LogP contribution in [0.4, 0.5) is 0 Å². The molecule has 1 aromatic rings. The van der Waals surface area contributed by atoms with E-state index in [4.69, 9.17) is 0 Å². The van der Waals surface area contributed by atoms with Gasteiger partial charge in [-0.1, -0.05) is 23.9 Å². The Morgan fingerprint density at radius 3 is 1.88 bits per heavy atom. The van der Waals surface area contributed by atoms with Gasteiger partial charge in [-0.15, -0.1) is 0 Å². The minimum absolute atomic E-state index is 0. The minimum Gasteiger partial charge on any atom is -0.0877 e. The van der Waals surface area contributed by atoms with Gasteiger partial charge in [-0.2, -0.15) is 0 Å². The van der Waals surface area contributed by atoms with E-state index in [1.807, 2.05) is 11.8 Å². The molecule has 1 aliphatic heterocycles. The molecule has 2 rings (SSSR count). The number of benzene rings is 1. The predicted molar refractivity (Wildman–Crippen MR) is 36.3 cm³/mol. The molecule has 0 spiro atoms. The van der Waals surface area contributed by atoms with Crippen LogP contribution in [0.5, 0.6) is 0 Å². The van der Waals surface area contributed by atoms with Crippen LogP contribution in [0.1, 0.15) is 0 Å². The van der Waals surface area contributed by atoms with E-state index in [0.717, 1.165) is 0 Å². The molecule has 0 nitrogen and oxygen atoms in total. The molecule has 8 heavy (non-hydrogen) atoms. The Bertz CT molecular complexity index is 176. The molecule has 1 radical (unpaired) electrons. The van der Waals surface area contributed by atoms with Gasteiger partial charge in [0.2, 0.25) is 0 Å². The molecule has 0 aliphatic carbocycles. The molecule has 0 saturated carbocycles. The summed E-state index contributed by atoms with van der Waals surface area (Å²) >= 11 is 1.86. The van der Waals surface area contributed by atoms with Gasteiger partial charge in [-0.3, -0.25) is 0 Å². The van der Waals surface area contributed by atoms with E-state index in [2.05, 4.69) is 24.3 Å². The molecule has 0 aromatic heterocycles. The van der Waals surface area contributed by atoms with Gasteiger partial charge in [0.1, 0.15) is 0 Å². The van der Waals surface area contributed by atoms with Crippen LogP contribution in [0.3, 0.4) is 0 Å². The molecular formula is C6H4NaS. The van der Waals surface area contributed by atoms with Crippen LogP contribution in [-0.4, -0.2) is 29.6 Å². The van der Waals surface area contributed by atoms with Gasteiger partial charge in [0.15, 0.2) is 0 Å². The van der Waals surface area contributed by atoms with Crippen molar-refractivity contribution in [1.29, 1.82) is 0 Å². The Morgan fingerprint density at radius 2 is 1.50 bits per heavy atom. The van der Waals surface area contributed by atoms with Crippen LogP contribution in [0.2, 0.25) is 0 Å². The molecular weight excluding hydrogens is 127 g/mol. The summed E-state index contributed by atoms with van der Waals surface area (Å²) in [5.74, 6) is 0. The van der Waals surface area contributed by atoms with E-state index >= 15 is 0 Å². The van der Waals surface area contributed by atoms with Crippen molar-refractivity contribution < 1.29 is 0 Å². The van der Waals surface area contributed by atoms with Crippen molar-refractivity contribution in [2.24, 2.45) is 0 Å². The number of fused-ring (bicyclic) bond motifs is 1. The maximum atomic E-state index is 2.14. The van der Waals surface area contributed by atoms with Crippen LogP contribution in [0.15, 0.2) is 34.1 Å². The van der Waals surface area contributed by atoms with Gasteiger partial charge < -0.3 is 0 Å². The molecule has 0 saturated heterocycles. The fraction of sp³-hybridized carbons (Fsp3) is 0. The summed E-state index contributed by atoms with van der Waals surface area (Å²) in [6.07, 6.45) is 0. The molecule has 1 aromatic carbocycles. The Hall–Kier alpha value is 0.570. The van der Waals surface area contributed by atoms with Crippen molar-refractivity contribution in [2.75, 3.05) is 0 Å². The summed E-state index contributed by atoms with van der Waals surface area (Å²) in [5, 5.41) is 0. The third kappa shape index (κ3) is 1.11. The van der Waals surface area contributed by atoms with Crippen molar-refractivity contribution in [3.63, 3.8) is 0 Å². The normalized spacial score (nSPS) is 11.5. The number of hydrogen-bond acceptors (Lipinski definition) is 1. The van der Waals surface area contributed by atoms with E-state index < -0.39 is 0 Å².